The van der Waals surface area contributed by atoms with Crippen molar-refractivity contribution in [2.75, 3.05) is 13.1 Å². The molecule has 5 heteroatoms. The Morgan fingerprint density at radius 1 is 1.32 bits per heavy atom. The lowest BCUT2D eigenvalue weighted by Crippen LogP contribution is -2.52. The number of aryl methyl sites for hydroxylation is 1. The van der Waals surface area contributed by atoms with Gasteiger partial charge in [-0.05, 0) is 48.1 Å². The van der Waals surface area contributed by atoms with Gasteiger partial charge in [-0.3, -0.25) is 9.88 Å². The van der Waals surface area contributed by atoms with Gasteiger partial charge in [0.15, 0.2) is 0 Å². The highest BCUT2D eigenvalue weighted by atomic mass is 35.5. The number of aromatic nitrogens is 1. The highest BCUT2D eigenvalue weighted by molar-refractivity contribution is 5.85. The molecule has 1 aromatic heterocycles. The zero-order chi connectivity index (χ0) is 17.2. The van der Waals surface area contributed by atoms with Gasteiger partial charge in [0.25, 0.3) is 0 Å². The summed E-state index contributed by atoms with van der Waals surface area (Å²) in [4.78, 5) is 6.58. The molecule has 1 saturated heterocycles. The summed E-state index contributed by atoms with van der Waals surface area (Å²) in [6, 6.07) is 10.5. The van der Waals surface area contributed by atoms with Crippen molar-refractivity contribution in [3.8, 4) is 11.5 Å². The standard InChI is InChI=1S/C20H27N3O.ClH/c1-15-11-16(13-23-10-8-19(21)20(2,3)14-23)6-7-18(15)24-17-5-4-9-22-12-17;/h4-7,9,11-12,19H,8,10,13-14,21H2,1-3H3;1H. The first-order valence-electron chi connectivity index (χ1n) is 8.59. The summed E-state index contributed by atoms with van der Waals surface area (Å²) in [7, 11) is 0. The number of piperidine rings is 1. The molecule has 1 aromatic carbocycles. The molecule has 1 fully saturated rings. The molecule has 2 N–H and O–H groups in total. The van der Waals surface area contributed by atoms with E-state index in [1.807, 2.05) is 12.1 Å². The number of halogens is 1. The quantitative estimate of drug-likeness (QED) is 0.888. The van der Waals surface area contributed by atoms with Gasteiger partial charge in [0.1, 0.15) is 11.5 Å². The van der Waals surface area contributed by atoms with Crippen LogP contribution in [0, 0.1) is 12.3 Å². The second-order valence-electron chi connectivity index (χ2n) is 7.49. The fourth-order valence-electron chi connectivity index (χ4n) is 3.34. The fourth-order valence-corrected chi connectivity index (χ4v) is 3.34. The van der Waals surface area contributed by atoms with Crippen LogP contribution < -0.4 is 10.5 Å². The summed E-state index contributed by atoms with van der Waals surface area (Å²) in [5.41, 5.74) is 8.87. The number of benzene rings is 1. The highest BCUT2D eigenvalue weighted by Gasteiger charge is 2.33. The predicted molar refractivity (Wildman–Crippen MR) is 104 cm³/mol. The fraction of sp³-hybridized carbons (Fsp3) is 0.450. The van der Waals surface area contributed by atoms with Crippen LogP contribution in [-0.2, 0) is 6.54 Å². The largest absolute Gasteiger partial charge is 0.455 e. The van der Waals surface area contributed by atoms with Crippen LogP contribution in [0.1, 0.15) is 31.4 Å². The van der Waals surface area contributed by atoms with E-state index in [0.29, 0.717) is 6.04 Å². The molecule has 1 unspecified atom stereocenters. The molecule has 2 aromatic rings. The number of nitrogens with zero attached hydrogens (tertiary/aromatic N) is 2. The first kappa shape index (κ1) is 19.7. The number of hydrogen-bond acceptors (Lipinski definition) is 4. The van der Waals surface area contributed by atoms with Crippen LogP contribution in [-0.4, -0.2) is 29.0 Å². The van der Waals surface area contributed by atoms with Gasteiger partial charge in [-0.1, -0.05) is 26.0 Å². The number of pyridine rings is 1. The number of hydrogen-bond donors (Lipinski definition) is 1. The lowest BCUT2D eigenvalue weighted by Gasteiger charge is -2.42. The summed E-state index contributed by atoms with van der Waals surface area (Å²) in [6.07, 6.45) is 4.54. The van der Waals surface area contributed by atoms with Gasteiger partial charge in [0.2, 0.25) is 0 Å². The molecule has 0 aliphatic carbocycles. The Kier molecular flexibility index (Phi) is 6.44. The average molecular weight is 362 g/mol. The molecular weight excluding hydrogens is 334 g/mol. The molecule has 136 valence electrons. The molecule has 0 amide bonds. The van der Waals surface area contributed by atoms with Crippen molar-refractivity contribution in [3.63, 3.8) is 0 Å². The van der Waals surface area contributed by atoms with Crippen molar-refractivity contribution in [2.24, 2.45) is 11.1 Å². The van der Waals surface area contributed by atoms with Crippen LogP contribution in [0.5, 0.6) is 11.5 Å². The molecule has 3 rings (SSSR count). The van der Waals surface area contributed by atoms with Crippen LogP contribution in [0.4, 0.5) is 0 Å². The minimum absolute atomic E-state index is 0. The van der Waals surface area contributed by atoms with Gasteiger partial charge in [0.05, 0.1) is 6.20 Å². The average Bonchev–Trinajstić information content (AvgIpc) is 2.54. The maximum absolute atomic E-state index is 6.24. The zero-order valence-electron chi connectivity index (χ0n) is 15.2. The van der Waals surface area contributed by atoms with Crippen LogP contribution >= 0.6 is 12.4 Å². The van der Waals surface area contributed by atoms with E-state index in [1.165, 1.54) is 5.56 Å². The van der Waals surface area contributed by atoms with Crippen molar-refractivity contribution < 1.29 is 4.74 Å². The van der Waals surface area contributed by atoms with Crippen molar-refractivity contribution >= 4 is 12.4 Å². The van der Waals surface area contributed by atoms with Crippen LogP contribution in [0.3, 0.4) is 0 Å². The minimum Gasteiger partial charge on any atom is -0.455 e. The Balaban J connectivity index is 0.00000225. The maximum Gasteiger partial charge on any atom is 0.145 e. The first-order valence-corrected chi connectivity index (χ1v) is 8.59. The molecule has 0 saturated carbocycles. The molecule has 2 heterocycles. The molecule has 0 spiro atoms. The maximum atomic E-state index is 6.24. The predicted octanol–water partition coefficient (Wildman–Crippen LogP) is 4.16. The Hall–Kier alpha value is -1.62. The summed E-state index contributed by atoms with van der Waals surface area (Å²) < 4.78 is 5.91. The Morgan fingerprint density at radius 3 is 2.76 bits per heavy atom. The normalized spacial score (nSPS) is 19.9. The third-order valence-electron chi connectivity index (χ3n) is 4.90. The van der Waals surface area contributed by atoms with E-state index in [4.69, 9.17) is 10.5 Å². The molecule has 25 heavy (non-hydrogen) atoms. The Bertz CT molecular complexity index is 691. The lowest BCUT2D eigenvalue weighted by molar-refractivity contribution is 0.0898. The summed E-state index contributed by atoms with van der Waals surface area (Å²) in [6.45, 7) is 9.69. The smallest absolute Gasteiger partial charge is 0.145 e. The first-order chi connectivity index (χ1) is 11.4. The molecule has 0 bridgehead atoms. The summed E-state index contributed by atoms with van der Waals surface area (Å²) >= 11 is 0. The van der Waals surface area contributed by atoms with Crippen LogP contribution in [0.15, 0.2) is 42.7 Å². The van der Waals surface area contributed by atoms with E-state index >= 15 is 0 Å². The van der Waals surface area contributed by atoms with Crippen molar-refractivity contribution in [3.05, 3.63) is 53.9 Å². The highest BCUT2D eigenvalue weighted by Crippen LogP contribution is 2.30. The molecular formula is C20H28ClN3O. The number of ether oxygens (including phenoxy) is 1. The topological polar surface area (TPSA) is 51.4 Å². The third-order valence-corrected chi connectivity index (χ3v) is 4.90. The molecule has 4 nitrogen and oxygen atoms in total. The van der Waals surface area contributed by atoms with Gasteiger partial charge >= 0.3 is 0 Å². The SMILES string of the molecule is Cc1cc(CN2CCC(N)C(C)(C)C2)ccc1Oc1cccnc1.Cl. The van der Waals surface area contributed by atoms with Gasteiger partial charge in [-0.25, -0.2) is 0 Å². The van der Waals surface area contributed by atoms with Crippen LogP contribution in [0.25, 0.3) is 0 Å². The third kappa shape index (κ3) is 4.94. The molecule has 1 atom stereocenters. The van der Waals surface area contributed by atoms with E-state index in [-0.39, 0.29) is 17.8 Å². The minimum atomic E-state index is 0. The molecule has 0 radical (unpaired) electrons. The van der Waals surface area contributed by atoms with E-state index in [0.717, 1.165) is 43.1 Å². The number of likely N-dealkylation sites (tertiary alicyclic amines) is 1. The Morgan fingerprint density at radius 2 is 2.12 bits per heavy atom. The van der Waals surface area contributed by atoms with Gasteiger partial charge in [-0.15, -0.1) is 12.4 Å². The lowest BCUT2D eigenvalue weighted by atomic mass is 9.79. The molecule has 1 aliphatic rings. The van der Waals surface area contributed by atoms with Gasteiger partial charge in [0, 0.05) is 31.9 Å². The summed E-state index contributed by atoms with van der Waals surface area (Å²) in [5, 5.41) is 0. The van der Waals surface area contributed by atoms with E-state index in [9.17, 15) is 0 Å². The summed E-state index contributed by atoms with van der Waals surface area (Å²) in [5.74, 6) is 1.65. The van der Waals surface area contributed by atoms with Crippen molar-refractivity contribution in [2.45, 2.75) is 39.8 Å². The van der Waals surface area contributed by atoms with E-state index in [2.05, 4.69) is 48.9 Å². The molecule has 1 aliphatic heterocycles. The van der Waals surface area contributed by atoms with Crippen molar-refractivity contribution in [1.29, 1.82) is 0 Å². The zero-order valence-corrected chi connectivity index (χ0v) is 16.1. The van der Waals surface area contributed by atoms with Crippen molar-refractivity contribution in [1.82, 2.24) is 9.88 Å². The van der Waals surface area contributed by atoms with Gasteiger partial charge in [-0.2, -0.15) is 0 Å². The second-order valence-corrected chi connectivity index (χ2v) is 7.49. The number of nitrogens with two attached hydrogens (primary N) is 1. The monoisotopic (exact) mass is 361 g/mol. The van der Waals surface area contributed by atoms with Crippen LogP contribution in [0.2, 0.25) is 0 Å². The second kappa shape index (κ2) is 8.17. The Labute approximate surface area is 156 Å². The van der Waals surface area contributed by atoms with Gasteiger partial charge < -0.3 is 10.5 Å². The van der Waals surface area contributed by atoms with E-state index in [1.54, 1.807) is 12.4 Å². The van der Waals surface area contributed by atoms with E-state index < -0.39 is 0 Å². The number of rotatable bonds is 4.